The van der Waals surface area contributed by atoms with E-state index in [4.69, 9.17) is 9.47 Å². The van der Waals surface area contributed by atoms with Gasteiger partial charge in [0.25, 0.3) is 0 Å². The summed E-state index contributed by atoms with van der Waals surface area (Å²) in [4.78, 5) is 12.5. The van der Waals surface area contributed by atoms with Gasteiger partial charge < -0.3 is 40.3 Å². The minimum Gasteiger partial charge on any atom is -0.394 e. The van der Waals surface area contributed by atoms with Crippen molar-refractivity contribution < 1.29 is 39.8 Å². The number of carbonyl (C=O) groups excluding carboxylic acids is 1. The molecule has 9 heteroatoms. The second-order valence-electron chi connectivity index (χ2n) is 9.45. The average molecular weight is 552 g/mol. The molecule has 0 aromatic rings. The Hall–Kier alpha value is -2.11. The molecule has 1 fully saturated rings. The van der Waals surface area contributed by atoms with Gasteiger partial charge in [-0.05, 0) is 38.5 Å². The van der Waals surface area contributed by atoms with E-state index in [1.54, 1.807) is 6.08 Å². The third-order valence-electron chi connectivity index (χ3n) is 6.09. The first-order chi connectivity index (χ1) is 18.8. The summed E-state index contributed by atoms with van der Waals surface area (Å²) in [5.74, 6) is -0.275. The Morgan fingerprint density at radius 2 is 1.49 bits per heavy atom. The number of rotatable bonds is 19. The molecule has 0 aromatic heterocycles. The normalized spacial score (nSPS) is 26.0. The molecule has 1 rings (SSSR count). The molecule has 9 nitrogen and oxygen atoms in total. The lowest BCUT2D eigenvalue weighted by Crippen LogP contribution is -2.60. The number of carbonyl (C=O) groups is 1. The maximum absolute atomic E-state index is 12.5. The number of aliphatic hydroxyl groups excluding tert-OH is 5. The van der Waals surface area contributed by atoms with Crippen LogP contribution in [0.1, 0.15) is 65.2 Å². The van der Waals surface area contributed by atoms with Crippen LogP contribution in [-0.2, 0) is 14.3 Å². The highest BCUT2D eigenvalue weighted by molar-refractivity contribution is 5.76. The Bertz CT molecular complexity index is 792. The van der Waals surface area contributed by atoms with Gasteiger partial charge in [-0.2, -0.15) is 0 Å². The van der Waals surface area contributed by atoms with Gasteiger partial charge in [-0.3, -0.25) is 4.79 Å². The topological polar surface area (TPSA) is 149 Å². The van der Waals surface area contributed by atoms with Crippen molar-refractivity contribution >= 4 is 5.91 Å². The van der Waals surface area contributed by atoms with E-state index in [0.717, 1.165) is 38.5 Å². The lowest BCUT2D eigenvalue weighted by atomic mass is 9.99. The summed E-state index contributed by atoms with van der Waals surface area (Å²) in [6.45, 7) is 3.32. The van der Waals surface area contributed by atoms with E-state index in [1.165, 1.54) is 0 Å². The van der Waals surface area contributed by atoms with E-state index < -0.39 is 49.5 Å². The van der Waals surface area contributed by atoms with Gasteiger partial charge in [-0.25, -0.2) is 0 Å². The van der Waals surface area contributed by atoms with E-state index in [0.29, 0.717) is 6.42 Å². The van der Waals surface area contributed by atoms with Crippen molar-refractivity contribution in [1.82, 2.24) is 5.32 Å². The Morgan fingerprint density at radius 1 is 0.872 bits per heavy atom. The number of unbranched alkanes of at least 4 members (excludes halogenated alkanes) is 1. The van der Waals surface area contributed by atoms with Crippen LogP contribution >= 0.6 is 0 Å². The predicted molar refractivity (Wildman–Crippen MR) is 152 cm³/mol. The van der Waals surface area contributed by atoms with Gasteiger partial charge in [0.2, 0.25) is 5.91 Å². The van der Waals surface area contributed by atoms with Crippen LogP contribution in [0.3, 0.4) is 0 Å². The van der Waals surface area contributed by atoms with Crippen LogP contribution in [-0.4, -0.2) is 87.5 Å². The Kier molecular flexibility index (Phi) is 19.4. The van der Waals surface area contributed by atoms with Gasteiger partial charge in [0.15, 0.2) is 6.29 Å². The zero-order valence-corrected chi connectivity index (χ0v) is 23.3. The van der Waals surface area contributed by atoms with Crippen LogP contribution in [0.4, 0.5) is 0 Å². The second kappa shape index (κ2) is 21.7. The summed E-state index contributed by atoms with van der Waals surface area (Å²) in [6.07, 6.45) is 18.0. The first-order valence-electron chi connectivity index (χ1n) is 14.0. The third-order valence-corrected chi connectivity index (χ3v) is 6.09. The monoisotopic (exact) mass is 551 g/mol. The summed E-state index contributed by atoms with van der Waals surface area (Å²) in [7, 11) is 0. The molecule has 6 N–H and O–H groups in total. The van der Waals surface area contributed by atoms with Gasteiger partial charge in [-0.15, -0.1) is 0 Å². The molecule has 1 aliphatic rings. The van der Waals surface area contributed by atoms with E-state index in [1.807, 2.05) is 25.2 Å². The molecule has 0 radical (unpaired) electrons. The lowest BCUT2D eigenvalue weighted by Gasteiger charge is -2.40. The van der Waals surface area contributed by atoms with Crippen LogP contribution in [0, 0.1) is 0 Å². The highest BCUT2D eigenvalue weighted by Gasteiger charge is 2.44. The van der Waals surface area contributed by atoms with Crippen LogP contribution < -0.4 is 5.32 Å². The Morgan fingerprint density at radius 3 is 2.08 bits per heavy atom. The summed E-state index contributed by atoms with van der Waals surface area (Å²) in [5.41, 5.74) is 0. The van der Waals surface area contributed by atoms with Gasteiger partial charge in [0.05, 0.1) is 25.4 Å². The zero-order chi connectivity index (χ0) is 28.9. The fourth-order valence-corrected chi connectivity index (χ4v) is 3.76. The van der Waals surface area contributed by atoms with Crippen LogP contribution in [0.15, 0.2) is 60.8 Å². The molecule has 1 aliphatic heterocycles. The predicted octanol–water partition coefficient (Wildman–Crippen LogP) is 2.59. The first-order valence-corrected chi connectivity index (χ1v) is 14.0. The van der Waals surface area contributed by atoms with Gasteiger partial charge in [0, 0.05) is 6.42 Å². The standard InChI is InChI=1S/C30H49NO8/c1-3-5-7-8-9-10-11-12-13-14-15-16-18-20-26(34)31-23(24(33)19-17-6-4-2)22-38-30-29(37)28(36)27(35)25(21-32)39-30/h5,7,9-10,12-13,15-17,19,23-25,27-30,32-33,35-37H,3-4,6,8,11,14,18,20-22H2,1-2H3,(H,31,34)/b7-5-,10-9-,13-12-,16-15-,19-17+. The van der Waals surface area contributed by atoms with Gasteiger partial charge >= 0.3 is 0 Å². The molecular weight excluding hydrogens is 502 g/mol. The molecular formula is C30H49NO8. The van der Waals surface area contributed by atoms with Crippen LogP contribution in [0.2, 0.25) is 0 Å². The molecule has 1 heterocycles. The highest BCUT2D eigenvalue weighted by atomic mass is 16.7. The van der Waals surface area contributed by atoms with Crippen molar-refractivity contribution in [3.8, 4) is 0 Å². The molecule has 0 aromatic carbocycles. The lowest BCUT2D eigenvalue weighted by molar-refractivity contribution is -0.302. The SMILES string of the molecule is CC/C=C\C/C=C\C/C=C\C/C=C\CCC(=O)NC(COC1OC(CO)C(O)C(O)C1O)C(O)/C=C/CCC. The fraction of sp³-hybridized carbons (Fsp3) is 0.633. The molecule has 7 atom stereocenters. The van der Waals surface area contributed by atoms with Crippen molar-refractivity contribution in [3.63, 3.8) is 0 Å². The van der Waals surface area contributed by atoms with Crippen molar-refractivity contribution in [2.45, 2.75) is 108 Å². The maximum atomic E-state index is 12.5. The largest absolute Gasteiger partial charge is 0.394 e. The summed E-state index contributed by atoms with van der Waals surface area (Å²) >= 11 is 0. The number of ether oxygens (including phenoxy) is 2. The molecule has 7 unspecified atom stereocenters. The van der Waals surface area contributed by atoms with Crippen LogP contribution in [0.25, 0.3) is 0 Å². The second-order valence-corrected chi connectivity index (χ2v) is 9.45. The minimum absolute atomic E-state index is 0.218. The smallest absolute Gasteiger partial charge is 0.220 e. The van der Waals surface area contributed by atoms with Crippen molar-refractivity contribution in [3.05, 3.63) is 60.8 Å². The quantitative estimate of drug-likeness (QED) is 0.134. The molecule has 0 aliphatic carbocycles. The van der Waals surface area contributed by atoms with E-state index in [2.05, 4.69) is 48.7 Å². The molecule has 0 saturated carbocycles. The first kappa shape index (κ1) is 34.9. The summed E-state index contributed by atoms with van der Waals surface area (Å²) in [6, 6.07) is -0.838. The number of hydrogen-bond donors (Lipinski definition) is 6. The molecule has 0 spiro atoms. The average Bonchev–Trinajstić information content (AvgIpc) is 2.93. The molecule has 1 saturated heterocycles. The van der Waals surface area contributed by atoms with E-state index >= 15 is 0 Å². The molecule has 39 heavy (non-hydrogen) atoms. The summed E-state index contributed by atoms with van der Waals surface area (Å²) < 4.78 is 10.9. The van der Waals surface area contributed by atoms with Crippen molar-refractivity contribution in [2.24, 2.45) is 0 Å². The maximum Gasteiger partial charge on any atom is 0.220 e. The highest BCUT2D eigenvalue weighted by Crippen LogP contribution is 2.22. The summed E-state index contributed by atoms with van der Waals surface area (Å²) in [5, 5.41) is 52.8. The minimum atomic E-state index is -1.57. The Labute approximate surface area is 233 Å². The van der Waals surface area contributed by atoms with Gasteiger partial charge in [-0.1, -0.05) is 81.0 Å². The molecule has 1 amide bonds. The molecule has 0 bridgehead atoms. The number of nitrogens with one attached hydrogen (secondary N) is 1. The number of amides is 1. The number of hydrogen-bond acceptors (Lipinski definition) is 8. The molecule has 222 valence electrons. The number of aliphatic hydroxyl groups is 5. The van der Waals surface area contributed by atoms with E-state index in [9.17, 15) is 30.3 Å². The van der Waals surface area contributed by atoms with E-state index in [-0.39, 0.29) is 18.9 Å². The number of allylic oxidation sites excluding steroid dienone is 9. The Balaban J connectivity index is 2.53. The third kappa shape index (κ3) is 14.7. The van der Waals surface area contributed by atoms with Gasteiger partial charge in [0.1, 0.15) is 24.4 Å². The van der Waals surface area contributed by atoms with Crippen LogP contribution in [0.5, 0.6) is 0 Å². The van der Waals surface area contributed by atoms with Crippen molar-refractivity contribution in [2.75, 3.05) is 13.2 Å². The fourth-order valence-electron chi connectivity index (χ4n) is 3.76. The van der Waals surface area contributed by atoms with Crippen molar-refractivity contribution in [1.29, 1.82) is 0 Å². The zero-order valence-electron chi connectivity index (χ0n) is 23.3.